The molecule has 0 aliphatic heterocycles. The summed E-state index contributed by atoms with van der Waals surface area (Å²) in [4.78, 5) is 10.5. The molecule has 2 aliphatic rings. The van der Waals surface area contributed by atoms with Gasteiger partial charge in [-0.2, -0.15) is 0 Å². The largest absolute Gasteiger partial charge is 0.481 e. The molecule has 3 nitrogen and oxygen atoms in total. The van der Waals surface area contributed by atoms with Crippen molar-refractivity contribution in [3.05, 3.63) is 0 Å². The van der Waals surface area contributed by atoms with Gasteiger partial charge in [-0.25, -0.2) is 0 Å². The molecule has 2 rings (SSSR count). The van der Waals surface area contributed by atoms with Crippen molar-refractivity contribution in [3.8, 4) is 0 Å². The normalized spacial score (nSPS) is 23.1. The van der Waals surface area contributed by atoms with E-state index < -0.39 is 5.97 Å². The van der Waals surface area contributed by atoms with Crippen molar-refractivity contribution >= 4 is 5.97 Å². The van der Waals surface area contributed by atoms with Crippen LogP contribution < -0.4 is 5.32 Å². The maximum Gasteiger partial charge on any atom is 0.304 e. The van der Waals surface area contributed by atoms with E-state index in [-0.39, 0.29) is 12.5 Å². The number of aliphatic carboxylic acids is 1. The van der Waals surface area contributed by atoms with Gasteiger partial charge in [-0.15, -0.1) is 0 Å². The number of nitrogens with one attached hydrogen (secondary N) is 1. The summed E-state index contributed by atoms with van der Waals surface area (Å²) < 4.78 is 0. The van der Waals surface area contributed by atoms with E-state index in [0.717, 1.165) is 24.3 Å². The molecule has 2 fully saturated rings. The molecule has 0 spiro atoms. The average molecular weight is 211 g/mol. The topological polar surface area (TPSA) is 49.3 Å². The minimum absolute atomic E-state index is 0.113. The van der Waals surface area contributed by atoms with Gasteiger partial charge in [0.05, 0.1) is 6.42 Å². The molecule has 3 heteroatoms. The smallest absolute Gasteiger partial charge is 0.304 e. The van der Waals surface area contributed by atoms with Gasteiger partial charge in [0.25, 0.3) is 0 Å². The number of carboxylic acids is 1. The molecule has 1 unspecified atom stereocenters. The Morgan fingerprint density at radius 1 is 1.33 bits per heavy atom. The van der Waals surface area contributed by atoms with E-state index in [0.29, 0.717) is 0 Å². The van der Waals surface area contributed by atoms with Gasteiger partial charge in [0.1, 0.15) is 0 Å². The van der Waals surface area contributed by atoms with Crippen LogP contribution in [0.1, 0.15) is 39.0 Å². The SMILES string of the molecule is CC(CC(=O)O)NCC(C1CC1)C1CC1. The van der Waals surface area contributed by atoms with Crippen LogP contribution in [0.4, 0.5) is 0 Å². The number of rotatable bonds is 7. The average Bonchev–Trinajstić information content (AvgIpc) is 2.99. The fourth-order valence-electron chi connectivity index (χ4n) is 2.44. The Balaban J connectivity index is 1.68. The molecule has 15 heavy (non-hydrogen) atoms. The van der Waals surface area contributed by atoms with E-state index in [1.165, 1.54) is 25.7 Å². The van der Waals surface area contributed by atoms with Gasteiger partial charge < -0.3 is 10.4 Å². The molecule has 0 amide bonds. The molecule has 0 saturated heterocycles. The number of carbonyl (C=O) groups is 1. The third-order valence-corrected chi connectivity index (χ3v) is 3.64. The Morgan fingerprint density at radius 3 is 2.27 bits per heavy atom. The van der Waals surface area contributed by atoms with E-state index >= 15 is 0 Å². The fourth-order valence-corrected chi connectivity index (χ4v) is 2.44. The third kappa shape index (κ3) is 3.49. The second kappa shape index (κ2) is 4.52. The van der Waals surface area contributed by atoms with Gasteiger partial charge in [0, 0.05) is 6.04 Å². The van der Waals surface area contributed by atoms with E-state index in [2.05, 4.69) is 5.32 Å². The summed E-state index contributed by atoms with van der Waals surface area (Å²) in [5.74, 6) is 2.02. The molecule has 86 valence electrons. The van der Waals surface area contributed by atoms with Gasteiger partial charge in [-0.05, 0) is 56.9 Å². The monoisotopic (exact) mass is 211 g/mol. The quantitative estimate of drug-likeness (QED) is 0.676. The first kappa shape index (κ1) is 10.9. The highest BCUT2D eigenvalue weighted by Gasteiger charge is 2.40. The van der Waals surface area contributed by atoms with Crippen molar-refractivity contribution in [2.45, 2.75) is 45.1 Å². The fraction of sp³-hybridized carbons (Fsp3) is 0.917. The maximum atomic E-state index is 10.5. The molecule has 2 aliphatic carbocycles. The Hall–Kier alpha value is -0.570. The second-order valence-electron chi connectivity index (χ2n) is 5.25. The van der Waals surface area contributed by atoms with Crippen LogP contribution in [0.25, 0.3) is 0 Å². The lowest BCUT2D eigenvalue weighted by atomic mass is 9.97. The number of hydrogen-bond acceptors (Lipinski definition) is 2. The van der Waals surface area contributed by atoms with Crippen molar-refractivity contribution in [1.82, 2.24) is 5.32 Å². The van der Waals surface area contributed by atoms with Crippen molar-refractivity contribution in [3.63, 3.8) is 0 Å². The minimum Gasteiger partial charge on any atom is -0.481 e. The lowest BCUT2D eigenvalue weighted by Gasteiger charge is -2.19. The molecule has 2 N–H and O–H groups in total. The summed E-state index contributed by atoms with van der Waals surface area (Å²) in [6.07, 6.45) is 5.83. The van der Waals surface area contributed by atoms with Crippen molar-refractivity contribution in [1.29, 1.82) is 0 Å². The lowest BCUT2D eigenvalue weighted by molar-refractivity contribution is -0.137. The van der Waals surface area contributed by atoms with E-state index in [1.807, 2.05) is 6.92 Å². The van der Waals surface area contributed by atoms with E-state index in [4.69, 9.17) is 5.11 Å². The van der Waals surface area contributed by atoms with Gasteiger partial charge in [-0.1, -0.05) is 0 Å². The summed E-state index contributed by atoms with van der Waals surface area (Å²) in [5, 5.41) is 12.0. The molecule has 2 saturated carbocycles. The predicted molar refractivity (Wildman–Crippen MR) is 58.7 cm³/mol. The van der Waals surface area contributed by atoms with Gasteiger partial charge >= 0.3 is 5.97 Å². The van der Waals surface area contributed by atoms with Gasteiger partial charge in [0.15, 0.2) is 0 Å². The molecule has 0 aromatic carbocycles. The maximum absolute atomic E-state index is 10.5. The second-order valence-corrected chi connectivity index (χ2v) is 5.25. The Bertz CT molecular complexity index is 222. The molecular formula is C12H21NO2. The minimum atomic E-state index is -0.704. The van der Waals surface area contributed by atoms with Crippen LogP contribution in [-0.4, -0.2) is 23.7 Å². The zero-order valence-electron chi connectivity index (χ0n) is 9.41. The van der Waals surface area contributed by atoms with Crippen molar-refractivity contribution in [2.75, 3.05) is 6.54 Å². The highest BCUT2D eigenvalue weighted by molar-refractivity contribution is 5.67. The zero-order valence-corrected chi connectivity index (χ0v) is 9.41. The molecule has 0 radical (unpaired) electrons. The van der Waals surface area contributed by atoms with Crippen LogP contribution in [0.3, 0.4) is 0 Å². The molecule has 0 aromatic heterocycles. The number of hydrogen-bond donors (Lipinski definition) is 2. The zero-order chi connectivity index (χ0) is 10.8. The van der Waals surface area contributed by atoms with E-state index in [9.17, 15) is 4.79 Å². The number of carboxylic acid groups (broad SMARTS) is 1. The summed E-state index contributed by atoms with van der Waals surface area (Å²) in [5.41, 5.74) is 0. The van der Waals surface area contributed by atoms with Gasteiger partial charge in [-0.3, -0.25) is 4.79 Å². The molecule has 0 aromatic rings. The Labute approximate surface area is 91.2 Å². The van der Waals surface area contributed by atoms with Crippen LogP contribution >= 0.6 is 0 Å². The Kier molecular flexibility index (Phi) is 3.29. The highest BCUT2D eigenvalue weighted by Crippen LogP contribution is 2.48. The summed E-state index contributed by atoms with van der Waals surface area (Å²) in [6, 6.07) is 0.113. The molecule has 1 atom stereocenters. The van der Waals surface area contributed by atoms with Crippen LogP contribution in [0.15, 0.2) is 0 Å². The molecular weight excluding hydrogens is 190 g/mol. The lowest BCUT2D eigenvalue weighted by Crippen LogP contribution is -2.34. The third-order valence-electron chi connectivity index (χ3n) is 3.64. The molecule has 0 bridgehead atoms. The Morgan fingerprint density at radius 2 is 1.87 bits per heavy atom. The van der Waals surface area contributed by atoms with Crippen molar-refractivity contribution in [2.24, 2.45) is 17.8 Å². The van der Waals surface area contributed by atoms with Crippen LogP contribution in [0.5, 0.6) is 0 Å². The summed E-state index contributed by atoms with van der Waals surface area (Å²) in [7, 11) is 0. The van der Waals surface area contributed by atoms with E-state index in [1.54, 1.807) is 0 Å². The van der Waals surface area contributed by atoms with Crippen LogP contribution in [0, 0.1) is 17.8 Å². The first-order valence-electron chi connectivity index (χ1n) is 6.12. The first-order valence-corrected chi connectivity index (χ1v) is 6.12. The van der Waals surface area contributed by atoms with Gasteiger partial charge in [0.2, 0.25) is 0 Å². The van der Waals surface area contributed by atoms with Crippen molar-refractivity contribution < 1.29 is 9.90 Å². The first-order chi connectivity index (χ1) is 7.16. The van der Waals surface area contributed by atoms with Crippen LogP contribution in [-0.2, 0) is 4.79 Å². The summed E-state index contributed by atoms with van der Waals surface area (Å²) >= 11 is 0. The predicted octanol–water partition coefficient (Wildman–Crippen LogP) is 1.88. The van der Waals surface area contributed by atoms with Crippen LogP contribution in [0.2, 0.25) is 0 Å². The molecule has 0 heterocycles. The highest BCUT2D eigenvalue weighted by atomic mass is 16.4. The standard InChI is InChI=1S/C12H21NO2/c1-8(6-12(14)15)13-7-11(9-2-3-9)10-4-5-10/h8-11,13H,2-7H2,1H3,(H,14,15). The summed E-state index contributed by atoms with van der Waals surface area (Å²) in [6.45, 7) is 2.99.